The standard InChI is InChI=1S/C18H28N2O/c1-13(2)12-14(3)20-15(4)19-17(18(20)21)11-10-16-8-6-5-7-9-16/h5-9,13-15,17,19H,10-12H2,1-4H3. The van der Waals surface area contributed by atoms with E-state index in [4.69, 9.17) is 0 Å². The number of nitrogens with one attached hydrogen (secondary N) is 1. The maximum Gasteiger partial charge on any atom is 0.241 e. The van der Waals surface area contributed by atoms with E-state index in [1.807, 2.05) is 11.0 Å². The summed E-state index contributed by atoms with van der Waals surface area (Å²) < 4.78 is 0. The van der Waals surface area contributed by atoms with Gasteiger partial charge in [-0.15, -0.1) is 0 Å². The molecule has 21 heavy (non-hydrogen) atoms. The summed E-state index contributed by atoms with van der Waals surface area (Å²) in [6.07, 6.45) is 3.02. The lowest BCUT2D eigenvalue weighted by molar-refractivity contribution is -0.132. The minimum atomic E-state index is -0.0326. The van der Waals surface area contributed by atoms with Crippen LogP contribution in [0.25, 0.3) is 0 Å². The molecule has 1 aliphatic rings. The maximum atomic E-state index is 12.6. The van der Waals surface area contributed by atoms with Crippen molar-refractivity contribution >= 4 is 5.91 Å². The summed E-state index contributed by atoms with van der Waals surface area (Å²) in [4.78, 5) is 14.7. The quantitative estimate of drug-likeness (QED) is 0.872. The highest BCUT2D eigenvalue weighted by Gasteiger charge is 2.38. The Bertz CT molecular complexity index is 458. The van der Waals surface area contributed by atoms with Crippen LogP contribution in [0.5, 0.6) is 0 Å². The molecule has 3 heteroatoms. The minimum Gasteiger partial charge on any atom is -0.323 e. The molecule has 1 saturated heterocycles. The van der Waals surface area contributed by atoms with E-state index in [2.05, 4.69) is 57.3 Å². The van der Waals surface area contributed by atoms with Gasteiger partial charge in [-0.05, 0) is 44.6 Å². The predicted molar refractivity (Wildman–Crippen MR) is 86.9 cm³/mol. The van der Waals surface area contributed by atoms with Crippen molar-refractivity contribution in [3.05, 3.63) is 35.9 Å². The van der Waals surface area contributed by atoms with Gasteiger partial charge in [-0.2, -0.15) is 0 Å². The molecule has 3 unspecified atom stereocenters. The Morgan fingerprint density at radius 3 is 2.48 bits per heavy atom. The van der Waals surface area contributed by atoms with Crippen LogP contribution in [0.4, 0.5) is 0 Å². The molecule has 1 aromatic carbocycles. The SMILES string of the molecule is CC(C)CC(C)N1C(=O)C(CCc2ccccc2)NC1C. The van der Waals surface area contributed by atoms with Crippen molar-refractivity contribution in [2.75, 3.05) is 0 Å². The molecule has 116 valence electrons. The van der Waals surface area contributed by atoms with Gasteiger partial charge in [0.2, 0.25) is 5.91 Å². The van der Waals surface area contributed by atoms with Gasteiger partial charge < -0.3 is 4.90 Å². The van der Waals surface area contributed by atoms with E-state index < -0.39 is 0 Å². The van der Waals surface area contributed by atoms with E-state index in [1.54, 1.807) is 0 Å². The molecule has 3 nitrogen and oxygen atoms in total. The molecule has 0 radical (unpaired) electrons. The molecule has 1 N–H and O–H groups in total. The van der Waals surface area contributed by atoms with Crippen molar-refractivity contribution in [2.24, 2.45) is 5.92 Å². The number of hydrogen-bond acceptors (Lipinski definition) is 2. The lowest BCUT2D eigenvalue weighted by Crippen LogP contribution is -2.42. The Morgan fingerprint density at radius 2 is 1.86 bits per heavy atom. The first-order valence-electron chi connectivity index (χ1n) is 8.11. The van der Waals surface area contributed by atoms with Gasteiger partial charge in [-0.25, -0.2) is 0 Å². The molecule has 0 saturated carbocycles. The van der Waals surface area contributed by atoms with Gasteiger partial charge in [0.05, 0.1) is 12.2 Å². The van der Waals surface area contributed by atoms with Crippen LogP contribution in [-0.4, -0.2) is 29.1 Å². The molecule has 1 heterocycles. The van der Waals surface area contributed by atoms with Crippen LogP contribution in [0.3, 0.4) is 0 Å². The second-order valence-corrected chi connectivity index (χ2v) is 6.64. The number of nitrogens with zero attached hydrogens (tertiary/aromatic N) is 1. The molecule has 0 bridgehead atoms. The fourth-order valence-corrected chi connectivity index (χ4v) is 3.37. The lowest BCUT2D eigenvalue weighted by atomic mass is 10.0. The zero-order chi connectivity index (χ0) is 15.4. The Labute approximate surface area is 128 Å². The lowest BCUT2D eigenvalue weighted by Gasteiger charge is -2.29. The zero-order valence-electron chi connectivity index (χ0n) is 13.7. The average molecular weight is 288 g/mol. The van der Waals surface area contributed by atoms with E-state index in [0.29, 0.717) is 12.0 Å². The largest absolute Gasteiger partial charge is 0.323 e. The third-order valence-corrected chi connectivity index (χ3v) is 4.26. The fourth-order valence-electron chi connectivity index (χ4n) is 3.37. The topological polar surface area (TPSA) is 32.3 Å². The second-order valence-electron chi connectivity index (χ2n) is 6.64. The van der Waals surface area contributed by atoms with Gasteiger partial charge in [0, 0.05) is 6.04 Å². The molecule has 1 aliphatic heterocycles. The van der Waals surface area contributed by atoms with Crippen LogP contribution in [0.15, 0.2) is 30.3 Å². The molecule has 2 rings (SSSR count). The zero-order valence-corrected chi connectivity index (χ0v) is 13.7. The monoisotopic (exact) mass is 288 g/mol. The first kappa shape index (κ1) is 16.0. The first-order chi connectivity index (χ1) is 9.99. The van der Waals surface area contributed by atoms with E-state index in [-0.39, 0.29) is 18.1 Å². The van der Waals surface area contributed by atoms with Crippen molar-refractivity contribution in [2.45, 2.75) is 65.2 Å². The Morgan fingerprint density at radius 1 is 1.19 bits per heavy atom. The van der Waals surface area contributed by atoms with E-state index in [0.717, 1.165) is 19.3 Å². The molecule has 1 amide bonds. The van der Waals surface area contributed by atoms with Crippen molar-refractivity contribution in [1.82, 2.24) is 10.2 Å². The molecule has 1 fully saturated rings. The van der Waals surface area contributed by atoms with Gasteiger partial charge >= 0.3 is 0 Å². The normalized spacial score (nSPS) is 23.9. The number of benzene rings is 1. The third kappa shape index (κ3) is 4.07. The van der Waals surface area contributed by atoms with Crippen molar-refractivity contribution < 1.29 is 4.79 Å². The van der Waals surface area contributed by atoms with E-state index in [1.165, 1.54) is 5.56 Å². The fraction of sp³-hybridized carbons (Fsp3) is 0.611. The molecular formula is C18H28N2O. The van der Waals surface area contributed by atoms with Crippen molar-refractivity contribution in [3.8, 4) is 0 Å². The van der Waals surface area contributed by atoms with Gasteiger partial charge in [0.15, 0.2) is 0 Å². The van der Waals surface area contributed by atoms with Crippen LogP contribution in [0.1, 0.15) is 46.1 Å². The Hall–Kier alpha value is -1.35. The van der Waals surface area contributed by atoms with E-state index >= 15 is 0 Å². The van der Waals surface area contributed by atoms with Gasteiger partial charge in [-0.3, -0.25) is 10.1 Å². The summed E-state index contributed by atoms with van der Waals surface area (Å²) in [5.41, 5.74) is 1.30. The number of hydrogen-bond donors (Lipinski definition) is 1. The Kier molecular flexibility index (Phi) is 5.40. The van der Waals surface area contributed by atoms with Crippen molar-refractivity contribution in [3.63, 3.8) is 0 Å². The third-order valence-electron chi connectivity index (χ3n) is 4.26. The summed E-state index contributed by atoms with van der Waals surface area (Å²) in [6.45, 7) is 8.68. The van der Waals surface area contributed by atoms with E-state index in [9.17, 15) is 4.79 Å². The van der Waals surface area contributed by atoms with Crippen LogP contribution >= 0.6 is 0 Å². The Balaban J connectivity index is 1.93. The summed E-state index contributed by atoms with van der Waals surface area (Å²) in [6, 6.07) is 10.7. The van der Waals surface area contributed by atoms with Gasteiger partial charge in [0.25, 0.3) is 0 Å². The number of aryl methyl sites for hydroxylation is 1. The number of carbonyl (C=O) groups is 1. The summed E-state index contributed by atoms with van der Waals surface area (Å²) in [5.74, 6) is 0.884. The summed E-state index contributed by atoms with van der Waals surface area (Å²) in [5, 5.41) is 3.45. The molecular weight excluding hydrogens is 260 g/mol. The molecule has 0 spiro atoms. The summed E-state index contributed by atoms with van der Waals surface area (Å²) in [7, 11) is 0. The average Bonchev–Trinajstić information content (AvgIpc) is 2.71. The predicted octanol–water partition coefficient (Wildman–Crippen LogP) is 3.20. The number of rotatable bonds is 6. The molecule has 1 aromatic rings. The molecule has 3 atom stereocenters. The molecule has 0 aromatic heterocycles. The van der Waals surface area contributed by atoms with Crippen LogP contribution in [0, 0.1) is 5.92 Å². The smallest absolute Gasteiger partial charge is 0.241 e. The summed E-state index contributed by atoms with van der Waals surface area (Å²) >= 11 is 0. The maximum absolute atomic E-state index is 12.6. The number of amides is 1. The highest BCUT2D eigenvalue weighted by molar-refractivity contribution is 5.84. The van der Waals surface area contributed by atoms with Crippen LogP contribution < -0.4 is 5.32 Å². The van der Waals surface area contributed by atoms with Crippen LogP contribution in [0.2, 0.25) is 0 Å². The molecule has 0 aliphatic carbocycles. The van der Waals surface area contributed by atoms with Crippen LogP contribution in [-0.2, 0) is 11.2 Å². The number of carbonyl (C=O) groups excluding carboxylic acids is 1. The van der Waals surface area contributed by atoms with Crippen molar-refractivity contribution in [1.29, 1.82) is 0 Å². The highest BCUT2D eigenvalue weighted by atomic mass is 16.2. The van der Waals surface area contributed by atoms with Gasteiger partial charge in [0.1, 0.15) is 0 Å². The highest BCUT2D eigenvalue weighted by Crippen LogP contribution is 2.21. The first-order valence-corrected chi connectivity index (χ1v) is 8.11. The second kappa shape index (κ2) is 7.08. The van der Waals surface area contributed by atoms with Gasteiger partial charge in [-0.1, -0.05) is 44.2 Å². The minimum absolute atomic E-state index is 0.0326.